The molecule has 0 saturated carbocycles. The van der Waals surface area contributed by atoms with E-state index in [2.05, 4.69) is 30.6 Å². The minimum absolute atomic E-state index is 0.361. The van der Waals surface area contributed by atoms with Gasteiger partial charge in [-0.15, -0.1) is 0 Å². The Bertz CT molecular complexity index is 1200. The van der Waals surface area contributed by atoms with Gasteiger partial charge < -0.3 is 14.2 Å². The molecule has 0 saturated heterocycles. The summed E-state index contributed by atoms with van der Waals surface area (Å²) >= 11 is 0. The molecule has 0 aliphatic rings. The van der Waals surface area contributed by atoms with Crippen LogP contribution in [0.3, 0.4) is 0 Å². The average Bonchev–Trinajstić information content (AvgIpc) is 3.02. The van der Waals surface area contributed by atoms with Crippen LogP contribution in [0.2, 0.25) is 0 Å². The highest BCUT2D eigenvalue weighted by Gasteiger charge is 2.10. The van der Waals surface area contributed by atoms with Crippen molar-refractivity contribution >= 4 is 11.9 Å². The fourth-order valence-electron chi connectivity index (χ4n) is 4.56. The molecule has 42 heavy (non-hydrogen) atoms. The number of aromatic nitrogens is 1. The summed E-state index contributed by atoms with van der Waals surface area (Å²) in [6.45, 7) is 6.70. The van der Waals surface area contributed by atoms with Gasteiger partial charge in [-0.3, -0.25) is 4.98 Å². The molecule has 2 aromatic carbocycles. The van der Waals surface area contributed by atoms with E-state index in [0.29, 0.717) is 24.5 Å². The highest BCUT2D eigenvalue weighted by molar-refractivity contribution is 5.91. The Balaban J connectivity index is 1.33. The highest BCUT2D eigenvalue weighted by Crippen LogP contribution is 2.23. The number of pyridine rings is 1. The van der Waals surface area contributed by atoms with Gasteiger partial charge in [0.2, 0.25) is 0 Å². The van der Waals surface area contributed by atoms with Crippen LogP contribution in [0.15, 0.2) is 79.5 Å². The summed E-state index contributed by atoms with van der Waals surface area (Å²) in [4.78, 5) is 28.2. The molecule has 6 heteroatoms. The van der Waals surface area contributed by atoms with Crippen LogP contribution < -0.4 is 9.47 Å². The molecular formula is C36H45NO5. The highest BCUT2D eigenvalue weighted by atomic mass is 16.5. The lowest BCUT2D eigenvalue weighted by Gasteiger charge is -2.08. The molecule has 0 unspecified atom stereocenters. The van der Waals surface area contributed by atoms with Gasteiger partial charge in [-0.05, 0) is 85.8 Å². The van der Waals surface area contributed by atoms with E-state index in [4.69, 9.17) is 14.2 Å². The van der Waals surface area contributed by atoms with Crippen LogP contribution in [-0.2, 0) is 16.0 Å². The van der Waals surface area contributed by atoms with Crippen molar-refractivity contribution in [3.05, 3.63) is 90.6 Å². The zero-order chi connectivity index (χ0) is 29.8. The molecule has 0 radical (unpaired) electrons. The van der Waals surface area contributed by atoms with E-state index < -0.39 is 5.97 Å². The minimum Gasteiger partial charge on any atom is -0.494 e. The largest absolute Gasteiger partial charge is 0.494 e. The maximum atomic E-state index is 12.6. The number of hydrogen-bond donors (Lipinski definition) is 0. The van der Waals surface area contributed by atoms with Crippen LogP contribution in [0.5, 0.6) is 11.5 Å². The second-order valence-corrected chi connectivity index (χ2v) is 10.5. The van der Waals surface area contributed by atoms with Gasteiger partial charge in [0.25, 0.3) is 0 Å². The number of aryl methyl sites for hydroxylation is 1. The van der Waals surface area contributed by atoms with Crippen LogP contribution >= 0.6 is 0 Å². The smallest absolute Gasteiger partial charge is 0.343 e. The minimum atomic E-state index is -0.407. The van der Waals surface area contributed by atoms with Gasteiger partial charge in [-0.2, -0.15) is 0 Å². The first-order valence-electron chi connectivity index (χ1n) is 15.4. The van der Waals surface area contributed by atoms with Crippen molar-refractivity contribution in [2.24, 2.45) is 0 Å². The number of rotatable bonds is 20. The predicted molar refractivity (Wildman–Crippen MR) is 168 cm³/mol. The third-order valence-electron chi connectivity index (χ3n) is 7.06. The van der Waals surface area contributed by atoms with Crippen LogP contribution in [0.1, 0.15) is 93.5 Å². The van der Waals surface area contributed by atoms with Gasteiger partial charge in [0.15, 0.2) is 0 Å². The SMILES string of the molecule is C=CC(=O)OCCCCCCCCOc1ccc(C(=O)Oc2ccc(-c3ccc(CCCCCCC)cn3)cc2)cc1. The van der Waals surface area contributed by atoms with Crippen molar-refractivity contribution < 1.29 is 23.8 Å². The quantitative estimate of drug-likeness (QED) is 0.0583. The number of nitrogens with zero attached hydrogens (tertiary/aromatic N) is 1. The maximum absolute atomic E-state index is 12.6. The first-order chi connectivity index (χ1) is 20.6. The fraction of sp³-hybridized carbons (Fsp3) is 0.417. The molecule has 3 rings (SSSR count). The van der Waals surface area contributed by atoms with Gasteiger partial charge in [0.1, 0.15) is 11.5 Å². The van der Waals surface area contributed by atoms with Crippen molar-refractivity contribution in [2.75, 3.05) is 13.2 Å². The zero-order valence-corrected chi connectivity index (χ0v) is 25.0. The fourth-order valence-corrected chi connectivity index (χ4v) is 4.56. The summed E-state index contributed by atoms with van der Waals surface area (Å²) in [5.41, 5.74) is 3.63. The number of hydrogen-bond acceptors (Lipinski definition) is 6. The number of carbonyl (C=O) groups is 2. The van der Waals surface area contributed by atoms with E-state index in [9.17, 15) is 9.59 Å². The number of ether oxygens (including phenoxy) is 3. The van der Waals surface area contributed by atoms with Gasteiger partial charge >= 0.3 is 11.9 Å². The van der Waals surface area contributed by atoms with Crippen molar-refractivity contribution in [1.82, 2.24) is 4.98 Å². The number of benzene rings is 2. The standard InChI is InChI=1S/C36H45NO5/c1-3-5-6-9-12-15-29-16-25-34(37-28-29)30-17-23-33(24-18-30)42-36(39)31-19-21-32(22-20-31)40-26-13-10-7-8-11-14-27-41-35(38)4-2/h4,16-25,28H,2-3,5-15,26-27H2,1H3. The molecule has 6 nitrogen and oxygen atoms in total. The molecule has 224 valence electrons. The van der Waals surface area contributed by atoms with Crippen LogP contribution in [0.25, 0.3) is 11.3 Å². The molecule has 0 amide bonds. The molecule has 0 N–H and O–H groups in total. The Morgan fingerprint density at radius 3 is 2.05 bits per heavy atom. The van der Waals surface area contributed by atoms with Crippen molar-refractivity contribution in [3.63, 3.8) is 0 Å². The molecule has 0 bridgehead atoms. The Labute approximate surface area is 251 Å². The third-order valence-corrected chi connectivity index (χ3v) is 7.06. The molecule has 0 fully saturated rings. The summed E-state index contributed by atoms with van der Waals surface area (Å²) in [6, 6.07) is 18.7. The number of esters is 2. The van der Waals surface area contributed by atoms with Crippen LogP contribution in [0, 0.1) is 0 Å². The van der Waals surface area contributed by atoms with E-state index in [-0.39, 0.29) is 5.97 Å². The average molecular weight is 572 g/mol. The van der Waals surface area contributed by atoms with Crippen LogP contribution in [0.4, 0.5) is 0 Å². The Hall–Kier alpha value is -3.93. The second-order valence-electron chi connectivity index (χ2n) is 10.5. The summed E-state index contributed by atoms with van der Waals surface area (Å²) in [7, 11) is 0. The van der Waals surface area contributed by atoms with Crippen molar-refractivity contribution in [3.8, 4) is 22.8 Å². The van der Waals surface area contributed by atoms with Gasteiger partial charge in [0.05, 0.1) is 24.5 Å². The third kappa shape index (κ3) is 12.3. The molecule has 1 aromatic heterocycles. The monoisotopic (exact) mass is 571 g/mol. The summed E-state index contributed by atoms with van der Waals surface area (Å²) in [6.07, 6.45) is 16.8. The van der Waals surface area contributed by atoms with Crippen LogP contribution in [-0.4, -0.2) is 30.1 Å². The van der Waals surface area contributed by atoms with E-state index in [1.54, 1.807) is 36.4 Å². The van der Waals surface area contributed by atoms with E-state index in [1.165, 1.54) is 43.7 Å². The first-order valence-corrected chi connectivity index (χ1v) is 15.4. The van der Waals surface area contributed by atoms with Gasteiger partial charge in [-0.25, -0.2) is 9.59 Å². The lowest BCUT2D eigenvalue weighted by molar-refractivity contribution is -0.137. The summed E-state index contributed by atoms with van der Waals surface area (Å²) < 4.78 is 16.4. The van der Waals surface area contributed by atoms with E-state index in [0.717, 1.165) is 62.0 Å². The topological polar surface area (TPSA) is 74.7 Å². The Morgan fingerprint density at radius 2 is 1.38 bits per heavy atom. The molecule has 1 heterocycles. The number of carbonyl (C=O) groups excluding carboxylic acids is 2. The Kier molecular flexibility index (Phi) is 14.9. The molecule has 3 aromatic rings. The van der Waals surface area contributed by atoms with Gasteiger partial charge in [-0.1, -0.05) is 70.9 Å². The van der Waals surface area contributed by atoms with E-state index >= 15 is 0 Å². The molecule has 0 spiro atoms. The lowest BCUT2D eigenvalue weighted by Crippen LogP contribution is -2.08. The lowest BCUT2D eigenvalue weighted by atomic mass is 10.1. The summed E-state index contributed by atoms with van der Waals surface area (Å²) in [5, 5.41) is 0. The normalized spacial score (nSPS) is 10.7. The predicted octanol–water partition coefficient (Wildman–Crippen LogP) is 8.93. The summed E-state index contributed by atoms with van der Waals surface area (Å²) in [5.74, 6) is 0.455. The van der Waals surface area contributed by atoms with Crippen molar-refractivity contribution in [2.45, 2.75) is 84.0 Å². The van der Waals surface area contributed by atoms with E-state index in [1.807, 2.05) is 18.3 Å². The zero-order valence-electron chi connectivity index (χ0n) is 25.0. The second kappa shape index (κ2) is 19.2. The Morgan fingerprint density at radius 1 is 0.738 bits per heavy atom. The molecule has 0 atom stereocenters. The maximum Gasteiger partial charge on any atom is 0.343 e. The van der Waals surface area contributed by atoms with Crippen molar-refractivity contribution in [1.29, 1.82) is 0 Å². The first kappa shape index (κ1) is 32.6. The molecular weight excluding hydrogens is 526 g/mol. The van der Waals surface area contributed by atoms with Gasteiger partial charge in [0, 0.05) is 17.8 Å². The molecule has 0 aliphatic carbocycles. The molecule has 0 aliphatic heterocycles. The number of unbranched alkanes of at least 4 members (excludes halogenated alkanes) is 9.